The van der Waals surface area contributed by atoms with Crippen LogP contribution in [0, 0.1) is 10.1 Å². The standard InChI is InChI=1S/C9H11NO5/c1-13-7-5-4-6(10(11)12)8(14-2)9(7)15-3/h4-5H,1-3H3. The van der Waals surface area contributed by atoms with E-state index in [2.05, 4.69) is 0 Å². The molecule has 0 aromatic heterocycles. The van der Waals surface area contributed by atoms with E-state index in [1.165, 1.54) is 33.5 Å². The number of rotatable bonds is 4. The Morgan fingerprint density at radius 2 is 1.67 bits per heavy atom. The second kappa shape index (κ2) is 4.50. The molecule has 0 unspecified atom stereocenters. The van der Waals surface area contributed by atoms with Crippen LogP contribution in [0.15, 0.2) is 12.1 Å². The lowest BCUT2D eigenvalue weighted by Crippen LogP contribution is -1.99. The topological polar surface area (TPSA) is 70.8 Å². The van der Waals surface area contributed by atoms with Gasteiger partial charge in [0.15, 0.2) is 5.75 Å². The van der Waals surface area contributed by atoms with Crippen molar-refractivity contribution in [3.63, 3.8) is 0 Å². The molecule has 0 aliphatic carbocycles. The van der Waals surface area contributed by atoms with Gasteiger partial charge in [0.1, 0.15) is 0 Å². The monoisotopic (exact) mass is 213 g/mol. The number of ether oxygens (including phenoxy) is 3. The van der Waals surface area contributed by atoms with Gasteiger partial charge in [-0.3, -0.25) is 10.1 Å². The predicted molar refractivity (Wildman–Crippen MR) is 52.8 cm³/mol. The van der Waals surface area contributed by atoms with Crippen LogP contribution in [-0.4, -0.2) is 26.3 Å². The third-order valence-electron chi connectivity index (χ3n) is 1.88. The zero-order valence-electron chi connectivity index (χ0n) is 8.64. The molecule has 0 aliphatic rings. The van der Waals surface area contributed by atoms with Crippen molar-refractivity contribution < 1.29 is 19.1 Å². The summed E-state index contributed by atoms with van der Waals surface area (Å²) in [4.78, 5) is 10.1. The summed E-state index contributed by atoms with van der Waals surface area (Å²) < 4.78 is 14.9. The fraction of sp³-hybridized carbons (Fsp3) is 0.333. The van der Waals surface area contributed by atoms with Crippen LogP contribution < -0.4 is 14.2 Å². The first-order chi connectivity index (χ1) is 7.15. The molecule has 6 nitrogen and oxygen atoms in total. The molecule has 0 bridgehead atoms. The Kier molecular flexibility index (Phi) is 3.33. The molecule has 0 N–H and O–H groups in total. The van der Waals surface area contributed by atoms with Crippen molar-refractivity contribution in [2.75, 3.05) is 21.3 Å². The number of nitrogens with zero attached hydrogens (tertiary/aromatic N) is 1. The van der Waals surface area contributed by atoms with Crippen molar-refractivity contribution in [1.82, 2.24) is 0 Å². The highest BCUT2D eigenvalue weighted by molar-refractivity contribution is 5.62. The maximum Gasteiger partial charge on any atom is 0.315 e. The van der Waals surface area contributed by atoms with E-state index in [1.807, 2.05) is 0 Å². The fourth-order valence-electron chi connectivity index (χ4n) is 1.23. The van der Waals surface area contributed by atoms with E-state index < -0.39 is 4.92 Å². The lowest BCUT2D eigenvalue weighted by molar-refractivity contribution is -0.385. The number of hydrogen-bond acceptors (Lipinski definition) is 5. The molecule has 0 radical (unpaired) electrons. The van der Waals surface area contributed by atoms with Crippen molar-refractivity contribution in [3.05, 3.63) is 22.2 Å². The van der Waals surface area contributed by atoms with Crippen LogP contribution in [-0.2, 0) is 0 Å². The summed E-state index contributed by atoms with van der Waals surface area (Å²) in [5.74, 6) is 0.663. The Hall–Kier alpha value is -1.98. The van der Waals surface area contributed by atoms with Crippen molar-refractivity contribution in [2.45, 2.75) is 0 Å². The summed E-state index contributed by atoms with van der Waals surface area (Å²) in [6.07, 6.45) is 0. The Morgan fingerprint density at radius 3 is 2.07 bits per heavy atom. The second-order valence-electron chi connectivity index (χ2n) is 2.61. The van der Waals surface area contributed by atoms with Gasteiger partial charge in [-0.1, -0.05) is 0 Å². The smallest absolute Gasteiger partial charge is 0.315 e. The molecular weight excluding hydrogens is 202 g/mol. The zero-order valence-corrected chi connectivity index (χ0v) is 8.64. The minimum absolute atomic E-state index is 0.0573. The summed E-state index contributed by atoms with van der Waals surface area (Å²) in [7, 11) is 4.18. The van der Waals surface area contributed by atoms with Gasteiger partial charge >= 0.3 is 5.69 Å². The third kappa shape index (κ3) is 1.93. The largest absolute Gasteiger partial charge is 0.493 e. The molecule has 0 saturated heterocycles. The van der Waals surface area contributed by atoms with E-state index in [1.54, 1.807) is 0 Å². The van der Waals surface area contributed by atoms with Crippen molar-refractivity contribution in [2.24, 2.45) is 0 Å². The number of nitro groups is 1. The van der Waals surface area contributed by atoms with Crippen LogP contribution in [0.25, 0.3) is 0 Å². The summed E-state index contributed by atoms with van der Waals surface area (Å²) in [5, 5.41) is 10.7. The summed E-state index contributed by atoms with van der Waals surface area (Å²) in [5.41, 5.74) is -0.157. The highest BCUT2D eigenvalue weighted by Crippen LogP contribution is 2.43. The Bertz CT molecular complexity index is 377. The maximum atomic E-state index is 10.7. The minimum atomic E-state index is -0.541. The van der Waals surface area contributed by atoms with Gasteiger partial charge in [-0.25, -0.2) is 0 Å². The van der Waals surface area contributed by atoms with E-state index in [-0.39, 0.29) is 17.2 Å². The van der Waals surface area contributed by atoms with Crippen LogP contribution in [0.5, 0.6) is 17.2 Å². The Balaban J connectivity index is 3.40. The van der Waals surface area contributed by atoms with Gasteiger partial charge in [-0.05, 0) is 6.07 Å². The second-order valence-corrected chi connectivity index (χ2v) is 2.61. The molecule has 0 amide bonds. The molecule has 82 valence electrons. The molecule has 0 aliphatic heterocycles. The summed E-state index contributed by atoms with van der Waals surface area (Å²) >= 11 is 0. The van der Waals surface area contributed by atoms with Gasteiger partial charge in [-0.15, -0.1) is 0 Å². The van der Waals surface area contributed by atoms with Gasteiger partial charge in [0.05, 0.1) is 26.3 Å². The molecule has 1 aromatic carbocycles. The highest BCUT2D eigenvalue weighted by atomic mass is 16.6. The third-order valence-corrected chi connectivity index (χ3v) is 1.88. The van der Waals surface area contributed by atoms with E-state index in [0.29, 0.717) is 5.75 Å². The van der Waals surface area contributed by atoms with Gasteiger partial charge in [0.25, 0.3) is 0 Å². The first-order valence-electron chi connectivity index (χ1n) is 4.09. The summed E-state index contributed by atoms with van der Waals surface area (Å²) in [6, 6.07) is 2.76. The van der Waals surface area contributed by atoms with Gasteiger partial charge in [0, 0.05) is 6.07 Å². The molecular formula is C9H11NO5. The maximum absolute atomic E-state index is 10.7. The normalized spacial score (nSPS) is 9.53. The molecule has 0 spiro atoms. The van der Waals surface area contributed by atoms with E-state index in [0.717, 1.165) is 0 Å². The number of benzene rings is 1. The SMILES string of the molecule is COc1ccc([N+](=O)[O-])c(OC)c1OC. The average molecular weight is 213 g/mol. The van der Waals surface area contributed by atoms with Crippen molar-refractivity contribution in [1.29, 1.82) is 0 Å². The molecule has 0 fully saturated rings. The van der Waals surface area contributed by atoms with Crippen LogP contribution in [0.1, 0.15) is 0 Å². The first-order valence-corrected chi connectivity index (χ1v) is 4.09. The fourth-order valence-corrected chi connectivity index (χ4v) is 1.23. The predicted octanol–water partition coefficient (Wildman–Crippen LogP) is 1.62. The minimum Gasteiger partial charge on any atom is -0.493 e. The van der Waals surface area contributed by atoms with Gasteiger partial charge in [-0.2, -0.15) is 0 Å². The number of methoxy groups -OCH3 is 3. The first kappa shape index (κ1) is 11.1. The molecule has 6 heteroatoms. The van der Waals surface area contributed by atoms with Crippen molar-refractivity contribution >= 4 is 5.69 Å². The molecule has 0 saturated carbocycles. The van der Waals surface area contributed by atoms with Crippen LogP contribution in [0.4, 0.5) is 5.69 Å². The zero-order chi connectivity index (χ0) is 11.4. The van der Waals surface area contributed by atoms with Gasteiger partial charge < -0.3 is 14.2 Å². The van der Waals surface area contributed by atoms with E-state index in [4.69, 9.17) is 14.2 Å². The molecule has 1 aromatic rings. The average Bonchev–Trinajstić information content (AvgIpc) is 2.26. The molecule has 0 heterocycles. The van der Waals surface area contributed by atoms with E-state index >= 15 is 0 Å². The lowest BCUT2D eigenvalue weighted by Gasteiger charge is -2.11. The van der Waals surface area contributed by atoms with Gasteiger partial charge in [0.2, 0.25) is 11.5 Å². The molecule has 0 atom stereocenters. The van der Waals surface area contributed by atoms with E-state index in [9.17, 15) is 10.1 Å². The number of nitro benzene ring substituents is 1. The lowest BCUT2D eigenvalue weighted by atomic mass is 10.2. The van der Waals surface area contributed by atoms with Crippen LogP contribution >= 0.6 is 0 Å². The number of hydrogen-bond donors (Lipinski definition) is 0. The highest BCUT2D eigenvalue weighted by Gasteiger charge is 2.23. The molecule has 1 rings (SSSR count). The van der Waals surface area contributed by atoms with Crippen LogP contribution in [0.3, 0.4) is 0 Å². The quantitative estimate of drug-likeness (QED) is 0.561. The Labute approximate surface area is 86.5 Å². The summed E-state index contributed by atoms with van der Waals surface area (Å²) in [6.45, 7) is 0. The van der Waals surface area contributed by atoms with Crippen molar-refractivity contribution in [3.8, 4) is 17.2 Å². The molecule has 15 heavy (non-hydrogen) atoms. The Morgan fingerprint density at radius 1 is 1.07 bits per heavy atom. The van der Waals surface area contributed by atoms with Crippen LogP contribution in [0.2, 0.25) is 0 Å².